The van der Waals surface area contributed by atoms with Crippen molar-refractivity contribution in [1.82, 2.24) is 0 Å². The highest BCUT2D eigenvalue weighted by Gasteiger charge is 2.03. The van der Waals surface area contributed by atoms with Crippen molar-refractivity contribution in [1.29, 1.82) is 0 Å². The van der Waals surface area contributed by atoms with Crippen LogP contribution in [0, 0.1) is 0 Å². The van der Waals surface area contributed by atoms with Gasteiger partial charge in [-0.3, -0.25) is 0 Å². The van der Waals surface area contributed by atoms with E-state index in [9.17, 15) is 0 Å². The van der Waals surface area contributed by atoms with Crippen molar-refractivity contribution >= 4 is 0 Å². The zero-order valence-electron chi connectivity index (χ0n) is 6.82. The Bertz CT molecular complexity index is 72.8. The predicted molar refractivity (Wildman–Crippen MR) is 40.4 cm³/mol. The number of rotatable bonds is 7. The van der Waals surface area contributed by atoms with Gasteiger partial charge in [-0.2, -0.15) is 0 Å². The van der Waals surface area contributed by atoms with Gasteiger partial charge in [-0.15, -0.1) is 0 Å². The van der Waals surface area contributed by atoms with Crippen LogP contribution in [0.3, 0.4) is 0 Å². The molecule has 4 nitrogen and oxygen atoms in total. The molecule has 0 aromatic rings. The summed E-state index contributed by atoms with van der Waals surface area (Å²) in [6, 6.07) is 0. The third-order valence-electron chi connectivity index (χ3n) is 1.19. The number of hydrogen-bond donors (Lipinski definition) is 2. The van der Waals surface area contributed by atoms with Crippen LogP contribution < -0.4 is 0 Å². The molecule has 0 aromatic heterocycles. The number of aliphatic hydroxyl groups excluding tert-OH is 2. The van der Waals surface area contributed by atoms with Gasteiger partial charge in [0, 0.05) is 6.61 Å². The topological polar surface area (TPSA) is 58.9 Å². The number of aliphatic hydroxyl groups is 2. The molecule has 0 saturated heterocycles. The maximum absolute atomic E-state index is 8.56. The van der Waals surface area contributed by atoms with E-state index >= 15 is 0 Å². The lowest BCUT2D eigenvalue weighted by Crippen LogP contribution is -2.23. The fraction of sp³-hybridized carbons (Fsp3) is 1.00. The van der Waals surface area contributed by atoms with E-state index in [0.29, 0.717) is 19.8 Å². The molecule has 0 aliphatic carbocycles. The van der Waals surface area contributed by atoms with Crippen LogP contribution in [0.4, 0.5) is 0 Å². The Morgan fingerprint density at radius 3 is 2.27 bits per heavy atom. The quantitative estimate of drug-likeness (QED) is 0.493. The Labute approximate surface area is 66.7 Å². The van der Waals surface area contributed by atoms with E-state index in [2.05, 4.69) is 0 Å². The zero-order valence-corrected chi connectivity index (χ0v) is 6.82. The summed E-state index contributed by atoms with van der Waals surface area (Å²) in [4.78, 5) is 0. The minimum atomic E-state index is -0.463. The third kappa shape index (κ3) is 6.25. The van der Waals surface area contributed by atoms with Gasteiger partial charge in [0.1, 0.15) is 6.10 Å². The standard InChI is InChI=1S/C7H16O4/c1-2-10-3-4-11-7(5-8)6-9/h7-9H,2-6H2,1H3. The van der Waals surface area contributed by atoms with Gasteiger partial charge in [0.25, 0.3) is 0 Å². The van der Waals surface area contributed by atoms with Gasteiger partial charge in [0.05, 0.1) is 26.4 Å². The van der Waals surface area contributed by atoms with Gasteiger partial charge in [0.15, 0.2) is 0 Å². The Morgan fingerprint density at radius 2 is 1.82 bits per heavy atom. The Hall–Kier alpha value is -0.160. The van der Waals surface area contributed by atoms with E-state index < -0.39 is 6.10 Å². The van der Waals surface area contributed by atoms with Gasteiger partial charge < -0.3 is 19.7 Å². The SMILES string of the molecule is CCOCCOC(CO)CO. The van der Waals surface area contributed by atoms with Crippen molar-refractivity contribution in [2.45, 2.75) is 13.0 Å². The molecule has 0 heterocycles. The average molecular weight is 164 g/mol. The van der Waals surface area contributed by atoms with Crippen molar-refractivity contribution in [3.8, 4) is 0 Å². The van der Waals surface area contributed by atoms with Crippen molar-refractivity contribution in [3.05, 3.63) is 0 Å². The molecular weight excluding hydrogens is 148 g/mol. The first-order valence-corrected chi connectivity index (χ1v) is 3.76. The first-order valence-electron chi connectivity index (χ1n) is 3.76. The van der Waals surface area contributed by atoms with Crippen LogP contribution in [0.15, 0.2) is 0 Å². The van der Waals surface area contributed by atoms with Crippen LogP contribution in [0.1, 0.15) is 6.92 Å². The lowest BCUT2D eigenvalue weighted by atomic mass is 10.4. The van der Waals surface area contributed by atoms with Gasteiger partial charge in [0.2, 0.25) is 0 Å². The van der Waals surface area contributed by atoms with Crippen LogP contribution >= 0.6 is 0 Å². The molecule has 0 radical (unpaired) electrons. The fourth-order valence-corrected chi connectivity index (χ4v) is 0.581. The maximum Gasteiger partial charge on any atom is 0.104 e. The summed E-state index contributed by atoms with van der Waals surface area (Å²) >= 11 is 0. The molecular formula is C7H16O4. The highest BCUT2D eigenvalue weighted by molar-refractivity contribution is 4.50. The van der Waals surface area contributed by atoms with E-state index in [0.717, 1.165) is 0 Å². The number of hydrogen-bond acceptors (Lipinski definition) is 4. The van der Waals surface area contributed by atoms with Crippen LogP contribution in [-0.4, -0.2) is 49.4 Å². The molecule has 11 heavy (non-hydrogen) atoms. The smallest absolute Gasteiger partial charge is 0.104 e. The molecule has 0 bridgehead atoms. The van der Waals surface area contributed by atoms with Crippen LogP contribution in [0.25, 0.3) is 0 Å². The van der Waals surface area contributed by atoms with E-state index in [-0.39, 0.29) is 13.2 Å². The Kier molecular flexibility index (Phi) is 7.83. The molecule has 0 fully saturated rings. The summed E-state index contributed by atoms with van der Waals surface area (Å²) in [5.74, 6) is 0. The lowest BCUT2D eigenvalue weighted by molar-refractivity contribution is -0.0408. The summed E-state index contributed by atoms with van der Waals surface area (Å²) in [5.41, 5.74) is 0. The second kappa shape index (κ2) is 7.94. The Morgan fingerprint density at radius 1 is 1.18 bits per heavy atom. The fourth-order valence-electron chi connectivity index (χ4n) is 0.581. The summed E-state index contributed by atoms with van der Waals surface area (Å²) in [7, 11) is 0. The van der Waals surface area contributed by atoms with Crippen molar-refractivity contribution in [2.24, 2.45) is 0 Å². The predicted octanol–water partition coefficient (Wildman–Crippen LogP) is -0.607. The first kappa shape index (κ1) is 10.8. The van der Waals surface area contributed by atoms with Gasteiger partial charge >= 0.3 is 0 Å². The molecule has 2 N–H and O–H groups in total. The maximum atomic E-state index is 8.56. The van der Waals surface area contributed by atoms with Gasteiger partial charge in [-0.1, -0.05) is 0 Å². The first-order chi connectivity index (χ1) is 5.35. The largest absolute Gasteiger partial charge is 0.394 e. The van der Waals surface area contributed by atoms with Crippen LogP contribution in [-0.2, 0) is 9.47 Å². The van der Waals surface area contributed by atoms with Crippen LogP contribution in [0.2, 0.25) is 0 Å². The summed E-state index contributed by atoms with van der Waals surface area (Å²) in [6.45, 7) is 3.18. The lowest BCUT2D eigenvalue weighted by Gasteiger charge is -2.11. The highest BCUT2D eigenvalue weighted by Crippen LogP contribution is 1.88. The van der Waals surface area contributed by atoms with E-state index in [1.165, 1.54) is 0 Å². The Balaban J connectivity index is 3.07. The average Bonchev–Trinajstić information content (AvgIpc) is 2.05. The molecule has 68 valence electrons. The molecule has 0 unspecified atom stereocenters. The van der Waals surface area contributed by atoms with Crippen molar-refractivity contribution in [3.63, 3.8) is 0 Å². The number of ether oxygens (including phenoxy) is 2. The zero-order chi connectivity index (χ0) is 8.53. The molecule has 0 aliphatic rings. The molecule has 0 aromatic carbocycles. The molecule has 0 saturated carbocycles. The van der Waals surface area contributed by atoms with E-state index in [1.54, 1.807) is 0 Å². The summed E-state index contributed by atoms with van der Waals surface area (Å²) in [5, 5.41) is 17.1. The van der Waals surface area contributed by atoms with E-state index in [4.69, 9.17) is 19.7 Å². The second-order valence-electron chi connectivity index (χ2n) is 2.05. The molecule has 0 spiro atoms. The van der Waals surface area contributed by atoms with Gasteiger partial charge in [-0.05, 0) is 6.92 Å². The highest BCUT2D eigenvalue weighted by atomic mass is 16.5. The summed E-state index contributed by atoms with van der Waals surface area (Å²) in [6.07, 6.45) is -0.463. The molecule has 0 aliphatic heterocycles. The minimum Gasteiger partial charge on any atom is -0.394 e. The van der Waals surface area contributed by atoms with Crippen molar-refractivity contribution < 1.29 is 19.7 Å². The normalized spacial score (nSPS) is 10.9. The third-order valence-corrected chi connectivity index (χ3v) is 1.19. The molecule has 0 rings (SSSR count). The second-order valence-corrected chi connectivity index (χ2v) is 2.05. The summed E-state index contributed by atoms with van der Waals surface area (Å²) < 4.78 is 10.0. The van der Waals surface area contributed by atoms with Crippen molar-refractivity contribution in [2.75, 3.05) is 33.0 Å². The van der Waals surface area contributed by atoms with E-state index in [1.807, 2.05) is 6.92 Å². The minimum absolute atomic E-state index is 0.150. The monoisotopic (exact) mass is 164 g/mol. The molecule has 4 heteroatoms. The van der Waals surface area contributed by atoms with Gasteiger partial charge in [-0.25, -0.2) is 0 Å². The molecule has 0 amide bonds. The van der Waals surface area contributed by atoms with Crippen LogP contribution in [0.5, 0.6) is 0 Å². The molecule has 0 atom stereocenters.